The molecule has 1 atom stereocenters. The van der Waals surface area contributed by atoms with Gasteiger partial charge in [0.15, 0.2) is 0 Å². The Hall–Kier alpha value is -7.59. The summed E-state index contributed by atoms with van der Waals surface area (Å²) in [6, 6.07) is 82.7. The molecule has 65 heavy (non-hydrogen) atoms. The van der Waals surface area contributed by atoms with Crippen LogP contribution in [0.5, 0.6) is 0 Å². The van der Waals surface area contributed by atoms with Crippen molar-refractivity contribution in [2.45, 2.75) is 34.5 Å². The highest BCUT2D eigenvalue weighted by molar-refractivity contribution is 7.99. The molecule has 0 amide bonds. The second kappa shape index (κ2) is 14.5. The summed E-state index contributed by atoms with van der Waals surface area (Å²) in [5.74, 6) is 0. The van der Waals surface area contributed by atoms with Gasteiger partial charge in [-0.2, -0.15) is 0 Å². The SMILES string of the molecule is CC1(C)c2ccccc2C2(c3ccccc3Sc3ccc(-c4ccc(N(c5ccc(-c6ccccc6)cc5)c5ccc6c(c5)oc5ccccc56)cc4)cc32)c2ccc3ccccc3c21. The van der Waals surface area contributed by atoms with Crippen LogP contribution in [-0.2, 0) is 10.8 Å². The van der Waals surface area contributed by atoms with Crippen molar-refractivity contribution in [3.63, 3.8) is 0 Å². The molecule has 13 rings (SSSR count). The van der Waals surface area contributed by atoms with Gasteiger partial charge in [-0.1, -0.05) is 183 Å². The minimum atomic E-state index is -0.517. The van der Waals surface area contributed by atoms with Crippen molar-refractivity contribution >= 4 is 61.5 Å². The van der Waals surface area contributed by atoms with Gasteiger partial charge in [0, 0.05) is 49.1 Å². The third-order valence-electron chi connectivity index (χ3n) is 14.2. The molecule has 3 heteroatoms. The molecule has 1 aliphatic heterocycles. The number of para-hydroxylation sites is 1. The number of anilines is 3. The molecule has 10 aromatic carbocycles. The molecular formula is C62H43NOS. The molecule has 0 saturated heterocycles. The summed E-state index contributed by atoms with van der Waals surface area (Å²) < 4.78 is 6.43. The standard InChI is InChI=1S/C62H43NOS/c1-61(2)51-19-9-10-20-52(51)62(54-36-28-43-16-6-7-17-48(43)60(54)61)53-21-11-13-23-58(53)65-59-37-29-44(38-55(59)62)42-26-32-46(33-27-42)63(45-30-24-41(25-31-45)40-14-4-3-5-15-40)47-34-35-50-49-18-8-12-22-56(49)64-57(50)39-47/h3-39H,1-2H3. The molecule has 2 nitrogen and oxygen atoms in total. The fourth-order valence-electron chi connectivity index (χ4n) is 11.2. The molecule has 308 valence electrons. The number of hydrogen-bond donors (Lipinski definition) is 0. The van der Waals surface area contributed by atoms with Crippen molar-refractivity contribution in [3.05, 3.63) is 258 Å². The molecule has 11 aromatic rings. The van der Waals surface area contributed by atoms with Crippen molar-refractivity contribution in [1.82, 2.24) is 0 Å². The molecule has 0 fully saturated rings. The number of furan rings is 1. The highest BCUT2D eigenvalue weighted by Crippen LogP contribution is 2.62. The summed E-state index contributed by atoms with van der Waals surface area (Å²) in [7, 11) is 0. The molecule has 0 radical (unpaired) electrons. The van der Waals surface area contributed by atoms with Crippen LogP contribution < -0.4 is 4.90 Å². The third kappa shape index (κ3) is 5.68. The molecule has 0 bridgehead atoms. The average Bonchev–Trinajstić information content (AvgIpc) is 3.74. The van der Waals surface area contributed by atoms with Crippen molar-refractivity contribution in [1.29, 1.82) is 0 Å². The Morgan fingerprint density at radius 2 is 0.938 bits per heavy atom. The van der Waals surface area contributed by atoms with Gasteiger partial charge in [0.2, 0.25) is 0 Å². The van der Waals surface area contributed by atoms with E-state index in [1.54, 1.807) is 0 Å². The maximum Gasteiger partial charge on any atom is 0.137 e. The molecule has 1 aromatic heterocycles. The first-order chi connectivity index (χ1) is 32.0. The molecule has 0 saturated carbocycles. The van der Waals surface area contributed by atoms with Gasteiger partial charge in [-0.25, -0.2) is 0 Å². The molecule has 0 N–H and O–H groups in total. The van der Waals surface area contributed by atoms with Gasteiger partial charge in [0.1, 0.15) is 11.2 Å². The van der Waals surface area contributed by atoms with Crippen molar-refractivity contribution in [2.75, 3.05) is 4.90 Å². The van der Waals surface area contributed by atoms with Crippen LogP contribution in [-0.4, -0.2) is 0 Å². The first kappa shape index (κ1) is 37.9. The maximum absolute atomic E-state index is 6.43. The summed E-state index contributed by atoms with van der Waals surface area (Å²) >= 11 is 1.90. The van der Waals surface area contributed by atoms with Crippen LogP contribution in [0.1, 0.15) is 47.2 Å². The smallest absolute Gasteiger partial charge is 0.137 e. The van der Waals surface area contributed by atoms with Gasteiger partial charge in [-0.15, -0.1) is 0 Å². The lowest BCUT2D eigenvalue weighted by Crippen LogP contribution is -2.43. The number of nitrogens with zero attached hydrogens (tertiary/aromatic N) is 1. The quantitative estimate of drug-likeness (QED) is 0.172. The first-order valence-electron chi connectivity index (χ1n) is 22.5. The Kier molecular flexibility index (Phi) is 8.44. The van der Waals surface area contributed by atoms with Crippen molar-refractivity contribution < 1.29 is 4.42 Å². The van der Waals surface area contributed by atoms with E-state index in [1.165, 1.54) is 76.2 Å². The highest BCUT2D eigenvalue weighted by atomic mass is 32.2. The van der Waals surface area contributed by atoms with E-state index in [2.05, 4.69) is 231 Å². The Bertz CT molecular complexity index is 3660. The minimum Gasteiger partial charge on any atom is -0.456 e. The van der Waals surface area contributed by atoms with Gasteiger partial charge >= 0.3 is 0 Å². The maximum atomic E-state index is 6.43. The lowest BCUT2D eigenvalue weighted by Gasteiger charge is -2.50. The van der Waals surface area contributed by atoms with E-state index in [-0.39, 0.29) is 5.41 Å². The first-order valence-corrected chi connectivity index (χ1v) is 23.3. The zero-order valence-electron chi connectivity index (χ0n) is 36.1. The number of hydrogen-bond acceptors (Lipinski definition) is 3. The summed E-state index contributed by atoms with van der Waals surface area (Å²) in [5, 5.41) is 4.85. The van der Waals surface area contributed by atoms with Gasteiger partial charge in [0.05, 0.1) is 5.41 Å². The summed E-state index contributed by atoms with van der Waals surface area (Å²) in [4.78, 5) is 4.94. The lowest BCUT2D eigenvalue weighted by atomic mass is 9.53. The van der Waals surface area contributed by atoms with E-state index in [0.29, 0.717) is 0 Å². The fraction of sp³-hybridized carbons (Fsp3) is 0.0645. The Labute approximate surface area is 383 Å². The second-order valence-corrected chi connectivity index (χ2v) is 19.1. The molecule has 1 unspecified atom stereocenters. The van der Waals surface area contributed by atoms with Gasteiger partial charge in [-0.05, 0) is 127 Å². The Morgan fingerprint density at radius 3 is 1.72 bits per heavy atom. The van der Waals surface area contributed by atoms with Crippen molar-refractivity contribution in [3.8, 4) is 22.3 Å². The van der Waals surface area contributed by atoms with E-state index in [1.807, 2.05) is 23.9 Å². The normalized spacial score (nSPS) is 15.7. The van der Waals surface area contributed by atoms with E-state index >= 15 is 0 Å². The molecule has 1 aliphatic carbocycles. The monoisotopic (exact) mass is 849 g/mol. The van der Waals surface area contributed by atoms with Crippen LogP contribution in [0.2, 0.25) is 0 Å². The van der Waals surface area contributed by atoms with Gasteiger partial charge in [0.25, 0.3) is 0 Å². The van der Waals surface area contributed by atoms with E-state index < -0.39 is 5.41 Å². The fourth-order valence-corrected chi connectivity index (χ4v) is 12.4. The van der Waals surface area contributed by atoms with E-state index in [9.17, 15) is 0 Å². The molecule has 2 heterocycles. The molecule has 1 spiro atoms. The van der Waals surface area contributed by atoms with Crippen LogP contribution >= 0.6 is 11.8 Å². The largest absolute Gasteiger partial charge is 0.456 e. The zero-order chi connectivity index (χ0) is 43.3. The number of rotatable bonds is 5. The molecular weight excluding hydrogens is 807 g/mol. The summed E-state index contributed by atoms with van der Waals surface area (Å²) in [6.45, 7) is 4.84. The van der Waals surface area contributed by atoms with Gasteiger partial charge in [-0.3, -0.25) is 0 Å². The number of fused-ring (bicyclic) bond motifs is 13. The van der Waals surface area contributed by atoms with E-state index in [0.717, 1.165) is 39.0 Å². The van der Waals surface area contributed by atoms with Crippen LogP contribution in [0.3, 0.4) is 0 Å². The second-order valence-electron chi connectivity index (χ2n) is 18.0. The summed E-state index contributed by atoms with van der Waals surface area (Å²) in [6.07, 6.45) is 0. The minimum absolute atomic E-state index is 0.214. The van der Waals surface area contributed by atoms with Crippen LogP contribution in [0, 0.1) is 0 Å². The van der Waals surface area contributed by atoms with Crippen LogP contribution in [0.15, 0.2) is 239 Å². The molecule has 2 aliphatic rings. The summed E-state index contributed by atoms with van der Waals surface area (Å²) in [5.41, 5.74) is 17.2. The average molecular weight is 850 g/mol. The topological polar surface area (TPSA) is 16.4 Å². The van der Waals surface area contributed by atoms with Crippen LogP contribution in [0.25, 0.3) is 55.0 Å². The van der Waals surface area contributed by atoms with Gasteiger partial charge < -0.3 is 9.32 Å². The lowest BCUT2D eigenvalue weighted by molar-refractivity contribution is 0.554. The van der Waals surface area contributed by atoms with E-state index in [4.69, 9.17) is 4.42 Å². The predicted molar refractivity (Wildman–Crippen MR) is 271 cm³/mol. The predicted octanol–water partition coefficient (Wildman–Crippen LogP) is 17.0. The van der Waals surface area contributed by atoms with Crippen molar-refractivity contribution in [2.24, 2.45) is 0 Å². The highest BCUT2D eigenvalue weighted by Gasteiger charge is 2.52. The Balaban J connectivity index is 0.972. The number of benzene rings is 10. The van der Waals surface area contributed by atoms with Crippen LogP contribution in [0.4, 0.5) is 17.1 Å². The zero-order valence-corrected chi connectivity index (χ0v) is 36.9. The third-order valence-corrected chi connectivity index (χ3v) is 15.3. The Morgan fingerprint density at radius 1 is 0.369 bits per heavy atom.